The number of carbonyl (C=O) groups is 1. The van der Waals surface area contributed by atoms with Crippen LogP contribution in [0, 0.1) is 16.0 Å². The van der Waals surface area contributed by atoms with E-state index in [9.17, 15) is 14.9 Å². The summed E-state index contributed by atoms with van der Waals surface area (Å²) in [5.41, 5.74) is 25.1. The van der Waals surface area contributed by atoms with E-state index >= 15 is 0 Å². The van der Waals surface area contributed by atoms with Gasteiger partial charge < -0.3 is 22.9 Å². The van der Waals surface area contributed by atoms with Gasteiger partial charge >= 0.3 is 0 Å². The molecule has 1 aliphatic carbocycles. The normalized spacial score (nSPS) is 19.7. The number of nitrogens with zero attached hydrogens (tertiary/aromatic N) is 2. The van der Waals surface area contributed by atoms with Crippen LogP contribution in [0.4, 0.5) is 0 Å². The third kappa shape index (κ3) is 4.85. The zero-order valence-electron chi connectivity index (χ0n) is 11.4. The second-order valence-corrected chi connectivity index (χ2v) is 4.51. The first-order valence-corrected chi connectivity index (χ1v) is 6.23. The Bertz CT molecular complexity index is 512. The number of hydrazine groups is 1. The number of aliphatic imine (C=N–C) groups is 1. The number of nitrogens with one attached hydrogen (secondary N) is 1. The first-order chi connectivity index (χ1) is 9.85. The van der Waals surface area contributed by atoms with Gasteiger partial charge in [-0.05, 0) is 24.1 Å². The van der Waals surface area contributed by atoms with E-state index in [1.54, 1.807) is 17.6 Å². The van der Waals surface area contributed by atoms with Crippen molar-refractivity contribution in [2.24, 2.45) is 33.8 Å². The molecule has 1 rings (SSSR count). The highest BCUT2D eigenvalue weighted by molar-refractivity contribution is 5.81. The van der Waals surface area contributed by atoms with Crippen LogP contribution in [0.1, 0.15) is 6.42 Å². The second kappa shape index (κ2) is 7.36. The average Bonchev–Trinajstić information content (AvgIpc) is 2.73. The summed E-state index contributed by atoms with van der Waals surface area (Å²) in [7, 11) is 0. The molecule has 9 N–H and O–H groups in total. The zero-order chi connectivity index (χ0) is 16.0. The predicted octanol–water partition coefficient (Wildman–Crippen LogP) is -2.27. The number of nitrogens with two attached hydrogens (primary N) is 4. The molecule has 1 amide bonds. The summed E-state index contributed by atoms with van der Waals surface area (Å²) in [4.78, 5) is 25.4. The van der Waals surface area contributed by atoms with Gasteiger partial charge in [0.2, 0.25) is 5.91 Å². The van der Waals surface area contributed by atoms with Gasteiger partial charge in [-0.1, -0.05) is 17.6 Å². The molecule has 0 spiro atoms. The lowest BCUT2D eigenvalue weighted by atomic mass is 9.95. The summed E-state index contributed by atoms with van der Waals surface area (Å²) in [5, 5.41) is 9.37. The molecule has 21 heavy (non-hydrogen) atoms. The molecule has 0 aromatic rings. The first kappa shape index (κ1) is 16.6. The summed E-state index contributed by atoms with van der Waals surface area (Å²) >= 11 is 0. The smallest absolute Gasteiger partial charge is 0.251 e. The van der Waals surface area contributed by atoms with Crippen LogP contribution in [0.15, 0.2) is 28.3 Å². The van der Waals surface area contributed by atoms with Gasteiger partial charge in [0.1, 0.15) is 0 Å². The van der Waals surface area contributed by atoms with Gasteiger partial charge in [-0.25, -0.2) is 15.1 Å². The maximum absolute atomic E-state index is 11.4. The van der Waals surface area contributed by atoms with Crippen molar-refractivity contribution in [3.8, 4) is 0 Å². The van der Waals surface area contributed by atoms with E-state index in [0.29, 0.717) is 24.1 Å². The number of amides is 1. The third-order valence-electron chi connectivity index (χ3n) is 2.99. The molecule has 10 heteroatoms. The quantitative estimate of drug-likeness (QED) is 0.151. The van der Waals surface area contributed by atoms with Crippen LogP contribution >= 0.6 is 0 Å². The second-order valence-electron chi connectivity index (χ2n) is 4.51. The van der Waals surface area contributed by atoms with Gasteiger partial charge in [0.15, 0.2) is 5.03 Å². The fourth-order valence-electron chi connectivity index (χ4n) is 1.99. The van der Waals surface area contributed by atoms with Crippen molar-refractivity contribution in [1.82, 2.24) is 5.43 Å². The number of hydrogen-bond acceptors (Lipinski definition) is 6. The molecular weight excluding hydrogens is 278 g/mol. The van der Waals surface area contributed by atoms with Crippen LogP contribution in [-0.2, 0) is 4.79 Å². The van der Waals surface area contributed by atoms with Gasteiger partial charge in [-0.3, -0.25) is 4.79 Å². The Morgan fingerprint density at radius 1 is 1.52 bits per heavy atom. The molecule has 0 aromatic carbocycles. The molecule has 0 bridgehead atoms. The minimum absolute atomic E-state index is 0.0853. The molecular formula is C11H19N7O3. The van der Waals surface area contributed by atoms with Crippen LogP contribution in [0.5, 0.6) is 0 Å². The molecule has 0 saturated heterocycles. The van der Waals surface area contributed by atoms with Gasteiger partial charge in [-0.15, -0.1) is 0 Å². The van der Waals surface area contributed by atoms with E-state index in [1.165, 1.54) is 0 Å². The lowest BCUT2D eigenvalue weighted by Crippen LogP contribution is -2.36. The standard InChI is InChI=1S/C11H19N7O3/c12-2-1-8(10(14)19)6-3-7(9(13)4-6)5-16-11(15)17-18(20)21/h3-4,8-9H,1-2,5,12-13H2,(H2,14,19)(H3,15,16,17). The number of primary amides is 1. The molecule has 0 saturated carbocycles. The van der Waals surface area contributed by atoms with Crippen LogP contribution < -0.4 is 28.4 Å². The Balaban J connectivity index is 2.77. The summed E-state index contributed by atoms with van der Waals surface area (Å²) in [5.74, 6) is -1.30. The van der Waals surface area contributed by atoms with Crippen LogP contribution in [0.25, 0.3) is 0 Å². The summed E-state index contributed by atoms with van der Waals surface area (Å²) in [6, 6.07) is -0.438. The molecule has 2 atom stereocenters. The van der Waals surface area contributed by atoms with E-state index in [4.69, 9.17) is 22.9 Å². The van der Waals surface area contributed by atoms with E-state index in [-0.39, 0.29) is 12.5 Å². The number of rotatable bonds is 7. The molecule has 116 valence electrons. The molecule has 1 aliphatic rings. The topological polar surface area (TPSA) is 189 Å². The fraction of sp³-hybridized carbons (Fsp3) is 0.455. The molecule has 0 aromatic heterocycles. The van der Waals surface area contributed by atoms with Crippen molar-refractivity contribution in [1.29, 1.82) is 0 Å². The molecule has 0 aliphatic heterocycles. The average molecular weight is 297 g/mol. The van der Waals surface area contributed by atoms with Crippen molar-refractivity contribution < 1.29 is 9.83 Å². The van der Waals surface area contributed by atoms with Crippen LogP contribution in [0.2, 0.25) is 0 Å². The highest BCUT2D eigenvalue weighted by atomic mass is 16.7. The van der Waals surface area contributed by atoms with E-state index in [1.807, 2.05) is 0 Å². The number of hydrogen-bond donors (Lipinski definition) is 5. The number of guanidine groups is 1. The molecule has 0 fully saturated rings. The van der Waals surface area contributed by atoms with Gasteiger partial charge in [0, 0.05) is 6.04 Å². The van der Waals surface area contributed by atoms with Crippen molar-refractivity contribution in [2.75, 3.05) is 13.1 Å². The van der Waals surface area contributed by atoms with E-state index < -0.39 is 22.9 Å². The highest BCUT2D eigenvalue weighted by Crippen LogP contribution is 2.25. The predicted molar refractivity (Wildman–Crippen MR) is 77.1 cm³/mol. The minimum atomic E-state index is -0.810. The highest BCUT2D eigenvalue weighted by Gasteiger charge is 2.24. The maximum Gasteiger partial charge on any atom is 0.251 e. The van der Waals surface area contributed by atoms with E-state index in [2.05, 4.69) is 4.99 Å². The molecule has 0 radical (unpaired) electrons. The Labute approximate surface area is 121 Å². The molecule has 10 nitrogen and oxygen atoms in total. The third-order valence-corrected chi connectivity index (χ3v) is 2.99. The Morgan fingerprint density at radius 2 is 2.19 bits per heavy atom. The lowest BCUT2D eigenvalue weighted by Gasteiger charge is -2.11. The number of carbonyl (C=O) groups excluding carboxylic acids is 1. The summed E-state index contributed by atoms with van der Waals surface area (Å²) in [6.07, 6.45) is 3.83. The van der Waals surface area contributed by atoms with Gasteiger partial charge in [-0.2, -0.15) is 0 Å². The minimum Gasteiger partial charge on any atom is -0.369 e. The largest absolute Gasteiger partial charge is 0.369 e. The number of allylic oxidation sites excluding steroid dienone is 1. The first-order valence-electron chi connectivity index (χ1n) is 6.23. The number of nitro groups is 1. The van der Waals surface area contributed by atoms with E-state index in [0.717, 1.165) is 0 Å². The molecule has 2 unspecified atom stereocenters. The summed E-state index contributed by atoms with van der Waals surface area (Å²) in [6.45, 7) is 0.406. The summed E-state index contributed by atoms with van der Waals surface area (Å²) < 4.78 is 0. The SMILES string of the molecule is NCCC(C(N)=O)C1=CC(N)C(CN=C(N)N[N+](=O)[O-])=C1. The van der Waals surface area contributed by atoms with Crippen LogP contribution in [-0.4, -0.2) is 36.0 Å². The van der Waals surface area contributed by atoms with Crippen LogP contribution in [0.3, 0.4) is 0 Å². The van der Waals surface area contributed by atoms with Gasteiger partial charge in [0.25, 0.3) is 5.96 Å². The van der Waals surface area contributed by atoms with Crippen molar-refractivity contribution in [2.45, 2.75) is 12.5 Å². The lowest BCUT2D eigenvalue weighted by molar-refractivity contribution is -0.525. The Hall–Kier alpha value is -2.46. The maximum atomic E-state index is 11.4. The van der Waals surface area contributed by atoms with Crippen molar-refractivity contribution >= 4 is 11.9 Å². The van der Waals surface area contributed by atoms with Gasteiger partial charge in [0.05, 0.1) is 12.5 Å². The van der Waals surface area contributed by atoms with Crippen molar-refractivity contribution in [3.05, 3.63) is 33.4 Å². The fourth-order valence-corrected chi connectivity index (χ4v) is 1.99. The molecule has 0 heterocycles. The monoisotopic (exact) mass is 297 g/mol. The Morgan fingerprint density at radius 3 is 2.71 bits per heavy atom. The Kier molecular flexibility index (Phi) is 5.81. The zero-order valence-corrected chi connectivity index (χ0v) is 11.4. The van der Waals surface area contributed by atoms with Crippen molar-refractivity contribution in [3.63, 3.8) is 0 Å².